The minimum absolute atomic E-state index is 0.0934. The molecule has 0 saturated carbocycles. The van der Waals surface area contributed by atoms with Crippen LogP contribution in [0, 0.1) is 11.6 Å². The Hall–Kier alpha value is -2.47. The summed E-state index contributed by atoms with van der Waals surface area (Å²) in [5, 5.41) is 0. The first kappa shape index (κ1) is 18.3. The molecule has 1 saturated heterocycles. The van der Waals surface area contributed by atoms with Gasteiger partial charge in [0.15, 0.2) is 11.6 Å². The van der Waals surface area contributed by atoms with Crippen LogP contribution in [0.1, 0.15) is 29.6 Å². The van der Waals surface area contributed by atoms with Crippen molar-refractivity contribution in [2.75, 3.05) is 20.2 Å². The van der Waals surface area contributed by atoms with Gasteiger partial charge in [0.1, 0.15) is 5.82 Å². The fourth-order valence-electron chi connectivity index (χ4n) is 3.23. The summed E-state index contributed by atoms with van der Waals surface area (Å²) in [5.41, 5.74) is 6.96. The Kier molecular flexibility index (Phi) is 5.52. The van der Waals surface area contributed by atoms with E-state index < -0.39 is 11.6 Å². The molecule has 1 fully saturated rings. The van der Waals surface area contributed by atoms with Crippen LogP contribution in [-0.2, 0) is 0 Å². The van der Waals surface area contributed by atoms with Crippen LogP contribution < -0.4 is 10.5 Å². The average molecular weight is 360 g/mol. The number of hydrogen-bond acceptors (Lipinski definition) is 3. The highest BCUT2D eigenvalue weighted by molar-refractivity contribution is 5.95. The first-order valence-electron chi connectivity index (χ1n) is 8.68. The summed E-state index contributed by atoms with van der Waals surface area (Å²) in [6, 6.07) is 8.83. The number of carbonyl (C=O) groups excluding carboxylic acids is 1. The maximum atomic E-state index is 14.3. The van der Waals surface area contributed by atoms with Crippen molar-refractivity contribution < 1.29 is 18.3 Å². The van der Waals surface area contributed by atoms with Gasteiger partial charge >= 0.3 is 0 Å². The van der Waals surface area contributed by atoms with Crippen LogP contribution in [0.2, 0.25) is 0 Å². The van der Waals surface area contributed by atoms with Crippen molar-refractivity contribution in [2.45, 2.75) is 25.3 Å². The Bertz CT molecular complexity index is 810. The zero-order valence-electron chi connectivity index (χ0n) is 14.7. The van der Waals surface area contributed by atoms with E-state index in [2.05, 4.69) is 0 Å². The lowest BCUT2D eigenvalue weighted by Gasteiger charge is -2.21. The van der Waals surface area contributed by atoms with Crippen LogP contribution in [0.15, 0.2) is 36.4 Å². The second kappa shape index (κ2) is 7.83. The highest BCUT2D eigenvalue weighted by atomic mass is 19.1. The number of ether oxygens (including phenoxy) is 1. The Balaban J connectivity index is 1.89. The number of amides is 1. The van der Waals surface area contributed by atoms with E-state index in [-0.39, 0.29) is 23.3 Å². The molecule has 6 heteroatoms. The maximum absolute atomic E-state index is 14.3. The molecule has 0 radical (unpaired) electrons. The van der Waals surface area contributed by atoms with Gasteiger partial charge in [0.2, 0.25) is 0 Å². The number of carbonyl (C=O) groups is 1. The fourth-order valence-corrected chi connectivity index (χ4v) is 3.23. The molecule has 2 N–H and O–H groups in total. The number of benzene rings is 2. The summed E-state index contributed by atoms with van der Waals surface area (Å²) in [4.78, 5) is 14.6. The summed E-state index contributed by atoms with van der Waals surface area (Å²) >= 11 is 0. The Labute approximate surface area is 151 Å². The molecule has 2 aromatic rings. The molecule has 26 heavy (non-hydrogen) atoms. The fraction of sp³-hybridized carbons (Fsp3) is 0.350. The molecule has 1 aliphatic rings. The van der Waals surface area contributed by atoms with Crippen LogP contribution in [0.25, 0.3) is 11.1 Å². The van der Waals surface area contributed by atoms with E-state index in [1.807, 2.05) is 0 Å². The smallest absolute Gasteiger partial charge is 0.253 e. The number of hydrogen-bond donors (Lipinski definition) is 1. The lowest BCUT2D eigenvalue weighted by Crippen LogP contribution is -2.32. The van der Waals surface area contributed by atoms with Gasteiger partial charge in [-0.15, -0.1) is 0 Å². The van der Waals surface area contributed by atoms with E-state index in [1.165, 1.54) is 7.11 Å². The summed E-state index contributed by atoms with van der Waals surface area (Å²) in [5.74, 6) is -1.52. The van der Waals surface area contributed by atoms with Gasteiger partial charge in [-0.3, -0.25) is 4.79 Å². The SMILES string of the molecule is COc1cc(F)c(-c2cccc(C(=O)N3CCC[C@H](N)CC3)c2)cc1F. The molecule has 0 bridgehead atoms. The first-order valence-corrected chi connectivity index (χ1v) is 8.68. The molecule has 3 rings (SSSR count). The van der Waals surface area contributed by atoms with Crippen LogP contribution in [-0.4, -0.2) is 37.0 Å². The van der Waals surface area contributed by atoms with Crippen molar-refractivity contribution in [2.24, 2.45) is 5.73 Å². The van der Waals surface area contributed by atoms with Crippen molar-refractivity contribution in [1.29, 1.82) is 0 Å². The Morgan fingerprint density at radius 2 is 1.96 bits per heavy atom. The van der Waals surface area contributed by atoms with Gasteiger partial charge in [-0.25, -0.2) is 8.78 Å². The predicted octanol–water partition coefficient (Wildman–Crippen LogP) is 3.59. The van der Waals surface area contributed by atoms with Gasteiger partial charge in [-0.05, 0) is 43.0 Å². The van der Waals surface area contributed by atoms with Gasteiger partial charge in [0.05, 0.1) is 7.11 Å². The highest BCUT2D eigenvalue weighted by Gasteiger charge is 2.21. The molecule has 1 heterocycles. The van der Waals surface area contributed by atoms with Crippen molar-refractivity contribution in [3.05, 3.63) is 53.6 Å². The summed E-state index contributed by atoms with van der Waals surface area (Å²) in [7, 11) is 1.28. The number of nitrogens with two attached hydrogens (primary N) is 1. The summed E-state index contributed by atoms with van der Waals surface area (Å²) < 4.78 is 33.1. The van der Waals surface area contributed by atoms with E-state index in [1.54, 1.807) is 29.2 Å². The molecule has 1 amide bonds. The van der Waals surface area contributed by atoms with E-state index >= 15 is 0 Å². The Morgan fingerprint density at radius 3 is 2.73 bits per heavy atom. The predicted molar refractivity (Wildman–Crippen MR) is 96.1 cm³/mol. The number of halogens is 2. The van der Waals surface area contributed by atoms with Crippen LogP contribution in [0.4, 0.5) is 8.78 Å². The minimum Gasteiger partial charge on any atom is -0.494 e. The monoisotopic (exact) mass is 360 g/mol. The Morgan fingerprint density at radius 1 is 1.15 bits per heavy atom. The van der Waals surface area contributed by atoms with Gasteiger partial charge in [-0.2, -0.15) is 0 Å². The molecule has 0 aliphatic carbocycles. The number of nitrogens with zero attached hydrogens (tertiary/aromatic N) is 1. The topological polar surface area (TPSA) is 55.6 Å². The van der Waals surface area contributed by atoms with Crippen LogP contribution in [0.5, 0.6) is 5.75 Å². The molecule has 0 spiro atoms. The lowest BCUT2D eigenvalue weighted by atomic mass is 10.0. The van der Waals surface area contributed by atoms with Crippen LogP contribution >= 0.6 is 0 Å². The van der Waals surface area contributed by atoms with Crippen LogP contribution in [0.3, 0.4) is 0 Å². The van der Waals surface area contributed by atoms with E-state index in [4.69, 9.17) is 10.5 Å². The first-order chi connectivity index (χ1) is 12.5. The summed E-state index contributed by atoms with van der Waals surface area (Å²) in [6.45, 7) is 1.26. The number of rotatable bonds is 3. The molecule has 1 atom stereocenters. The number of likely N-dealkylation sites (tertiary alicyclic amines) is 1. The van der Waals surface area contributed by atoms with Crippen molar-refractivity contribution >= 4 is 5.91 Å². The second-order valence-corrected chi connectivity index (χ2v) is 6.53. The zero-order chi connectivity index (χ0) is 18.7. The quantitative estimate of drug-likeness (QED) is 0.910. The third-order valence-corrected chi connectivity index (χ3v) is 4.72. The lowest BCUT2D eigenvalue weighted by molar-refractivity contribution is 0.0761. The van der Waals surface area contributed by atoms with E-state index in [0.717, 1.165) is 31.4 Å². The standard InChI is InChI=1S/C20H22F2N2O2/c1-26-19-12-17(21)16(11-18(19)22)13-4-2-5-14(10-13)20(25)24-8-3-6-15(23)7-9-24/h2,4-5,10-12,15H,3,6-9,23H2,1H3/t15-/m0/s1. The molecule has 0 unspecified atom stereocenters. The van der Waals surface area contributed by atoms with Crippen molar-refractivity contribution in [3.8, 4) is 16.9 Å². The van der Waals surface area contributed by atoms with Crippen molar-refractivity contribution in [1.82, 2.24) is 4.90 Å². The van der Waals surface area contributed by atoms with Gasteiger partial charge < -0.3 is 15.4 Å². The van der Waals surface area contributed by atoms with E-state index in [0.29, 0.717) is 24.2 Å². The normalized spacial score (nSPS) is 17.7. The van der Waals surface area contributed by atoms with Crippen molar-refractivity contribution in [3.63, 3.8) is 0 Å². The zero-order valence-corrected chi connectivity index (χ0v) is 14.7. The minimum atomic E-state index is -0.651. The number of methoxy groups -OCH3 is 1. The highest BCUT2D eigenvalue weighted by Crippen LogP contribution is 2.29. The molecular formula is C20H22F2N2O2. The molecule has 2 aromatic carbocycles. The largest absolute Gasteiger partial charge is 0.494 e. The average Bonchev–Trinajstić information content (AvgIpc) is 2.87. The maximum Gasteiger partial charge on any atom is 0.253 e. The molecule has 0 aromatic heterocycles. The third kappa shape index (κ3) is 3.85. The van der Waals surface area contributed by atoms with E-state index in [9.17, 15) is 13.6 Å². The molecule has 4 nitrogen and oxygen atoms in total. The molecular weight excluding hydrogens is 338 g/mol. The second-order valence-electron chi connectivity index (χ2n) is 6.53. The van der Waals surface area contributed by atoms with Gasteiger partial charge in [0.25, 0.3) is 5.91 Å². The molecule has 138 valence electrons. The van der Waals surface area contributed by atoms with Gasteiger partial charge in [-0.1, -0.05) is 12.1 Å². The third-order valence-electron chi connectivity index (χ3n) is 4.72. The van der Waals surface area contributed by atoms with Gasteiger partial charge in [0, 0.05) is 36.3 Å². The molecule has 1 aliphatic heterocycles. The summed E-state index contributed by atoms with van der Waals surface area (Å²) in [6.07, 6.45) is 2.54.